The highest BCUT2D eigenvalue weighted by molar-refractivity contribution is 7.15. The Kier molecular flexibility index (Phi) is 7.23. The van der Waals surface area contributed by atoms with Gasteiger partial charge in [0.15, 0.2) is 5.75 Å². The summed E-state index contributed by atoms with van der Waals surface area (Å²) < 4.78 is 47.9. The smallest absolute Gasteiger partial charge is 0.408 e. The number of carbonyl (C=O) groups is 2. The summed E-state index contributed by atoms with van der Waals surface area (Å²) >= 11 is 1.30. The Bertz CT molecular complexity index is 1610. The molecule has 4 aromatic rings. The highest BCUT2D eigenvalue weighted by atomic mass is 32.1. The van der Waals surface area contributed by atoms with Crippen molar-refractivity contribution in [2.75, 3.05) is 13.1 Å². The Morgan fingerprint density at radius 1 is 1.10 bits per heavy atom. The summed E-state index contributed by atoms with van der Waals surface area (Å²) in [6.07, 6.45) is 0.911. The lowest BCUT2D eigenvalue weighted by atomic mass is 10.0. The van der Waals surface area contributed by atoms with Crippen LogP contribution in [0.4, 0.5) is 18.0 Å². The topological polar surface area (TPSA) is 76.5 Å². The molecule has 1 saturated heterocycles. The predicted octanol–water partition coefficient (Wildman–Crippen LogP) is 6.98. The molecule has 0 bridgehead atoms. The Balaban J connectivity index is 1.21. The van der Waals surface area contributed by atoms with E-state index in [0.29, 0.717) is 29.2 Å². The number of alkyl halides is 3. The largest absolute Gasteiger partial charge is 0.416 e. The van der Waals surface area contributed by atoms with Crippen LogP contribution in [0.3, 0.4) is 0 Å². The van der Waals surface area contributed by atoms with E-state index in [1.165, 1.54) is 17.4 Å². The maximum atomic E-state index is 13.9. The number of likely N-dealkylation sites (tertiary alicyclic amines) is 1. The van der Waals surface area contributed by atoms with E-state index in [9.17, 15) is 22.8 Å². The highest BCUT2D eigenvalue weighted by Crippen LogP contribution is 2.46. The first kappa shape index (κ1) is 27.3. The minimum absolute atomic E-state index is 0.182. The predicted molar refractivity (Wildman–Crippen MR) is 150 cm³/mol. The number of aryl methyl sites for hydroxylation is 1. The van der Waals surface area contributed by atoms with Crippen molar-refractivity contribution in [1.29, 1.82) is 0 Å². The number of aromatic nitrogens is 2. The fraction of sp³-hybridized carbons (Fsp3) is 0.367. The second-order valence-electron chi connectivity index (χ2n) is 10.6. The molecule has 3 heterocycles. The number of nitrogens with zero attached hydrogens (tertiary/aromatic N) is 3. The molecule has 2 aliphatic rings. The van der Waals surface area contributed by atoms with E-state index in [1.54, 1.807) is 17.2 Å². The Labute approximate surface area is 238 Å². The lowest BCUT2D eigenvalue weighted by Crippen LogP contribution is -2.50. The van der Waals surface area contributed by atoms with Gasteiger partial charge >= 0.3 is 12.3 Å². The fourth-order valence-corrected chi connectivity index (χ4v) is 6.58. The van der Waals surface area contributed by atoms with Gasteiger partial charge in [-0.2, -0.15) is 13.2 Å². The number of fused-ring (bicyclic) bond motifs is 1. The van der Waals surface area contributed by atoms with E-state index in [4.69, 9.17) is 4.74 Å². The van der Waals surface area contributed by atoms with Gasteiger partial charge in [-0.15, -0.1) is 11.3 Å². The Hall–Kier alpha value is -3.86. The van der Waals surface area contributed by atoms with Crippen LogP contribution in [0.5, 0.6) is 5.75 Å². The van der Waals surface area contributed by atoms with Gasteiger partial charge in [0.25, 0.3) is 5.91 Å². The molecular weight excluding hydrogens is 553 g/mol. The average Bonchev–Trinajstić information content (AvgIpc) is 3.65. The van der Waals surface area contributed by atoms with Crippen LogP contribution < -0.4 is 10.1 Å². The van der Waals surface area contributed by atoms with Crippen LogP contribution in [-0.2, 0) is 13.2 Å². The number of benzene rings is 2. The van der Waals surface area contributed by atoms with Crippen molar-refractivity contribution in [3.8, 4) is 16.2 Å². The van der Waals surface area contributed by atoms with Crippen molar-refractivity contribution in [2.24, 2.45) is 7.05 Å². The molecule has 1 saturated carbocycles. The molecule has 0 radical (unpaired) electrons. The van der Waals surface area contributed by atoms with Gasteiger partial charge in [0.05, 0.1) is 21.0 Å². The first-order chi connectivity index (χ1) is 19.7. The monoisotopic (exact) mass is 582 g/mol. The summed E-state index contributed by atoms with van der Waals surface area (Å²) in [7, 11) is 1.87. The van der Waals surface area contributed by atoms with Crippen molar-refractivity contribution in [1.82, 2.24) is 19.8 Å². The maximum Gasteiger partial charge on any atom is 0.416 e. The summed E-state index contributed by atoms with van der Waals surface area (Å²) in [5.41, 5.74) is 0.684. The van der Waals surface area contributed by atoms with E-state index in [0.717, 1.165) is 53.7 Å². The molecule has 11 heteroatoms. The van der Waals surface area contributed by atoms with Gasteiger partial charge in [-0.3, -0.25) is 4.79 Å². The molecule has 0 unspecified atom stereocenters. The van der Waals surface area contributed by atoms with Crippen molar-refractivity contribution >= 4 is 34.2 Å². The van der Waals surface area contributed by atoms with E-state index in [2.05, 4.69) is 10.3 Å². The normalized spacial score (nSPS) is 17.6. The second-order valence-corrected chi connectivity index (χ2v) is 11.7. The number of amides is 2. The Morgan fingerprint density at radius 3 is 2.68 bits per heavy atom. The van der Waals surface area contributed by atoms with Crippen LogP contribution in [0.1, 0.15) is 59.1 Å². The van der Waals surface area contributed by atoms with Gasteiger partial charge in [0, 0.05) is 43.7 Å². The van der Waals surface area contributed by atoms with E-state index in [1.807, 2.05) is 35.9 Å². The van der Waals surface area contributed by atoms with Crippen LogP contribution in [-0.4, -0.2) is 45.6 Å². The zero-order valence-electron chi connectivity index (χ0n) is 22.4. The molecule has 2 amide bonds. The van der Waals surface area contributed by atoms with Gasteiger partial charge in [-0.1, -0.05) is 24.3 Å². The fourth-order valence-electron chi connectivity index (χ4n) is 5.36. The summed E-state index contributed by atoms with van der Waals surface area (Å²) in [6.45, 7) is 0.662. The minimum Gasteiger partial charge on any atom is -0.408 e. The number of thiazole rings is 1. The van der Waals surface area contributed by atoms with Gasteiger partial charge in [-0.25, -0.2) is 9.78 Å². The zero-order chi connectivity index (χ0) is 28.7. The van der Waals surface area contributed by atoms with E-state index >= 15 is 0 Å². The van der Waals surface area contributed by atoms with Crippen LogP contribution in [0.25, 0.3) is 21.3 Å². The molecule has 1 aliphatic carbocycles. The number of hydrogen-bond donors (Lipinski definition) is 1. The SMILES string of the molecule is Cn1cc(OC(=O)NC[C@@H]2CCCCN2C(=O)c2nc(C3CC3)sc2-c2cccc(C(F)(F)F)c2)c2ccccc21. The zero-order valence-corrected chi connectivity index (χ0v) is 23.2. The van der Waals surface area contributed by atoms with Crippen molar-refractivity contribution in [3.05, 3.63) is 71.0 Å². The molecule has 41 heavy (non-hydrogen) atoms. The maximum absolute atomic E-state index is 13.9. The molecule has 1 N–H and O–H groups in total. The highest BCUT2D eigenvalue weighted by Gasteiger charge is 2.36. The molecule has 0 spiro atoms. The number of hydrogen-bond acceptors (Lipinski definition) is 5. The molecule has 1 atom stereocenters. The Morgan fingerprint density at radius 2 is 1.90 bits per heavy atom. The second kappa shape index (κ2) is 10.8. The number of halogens is 3. The quantitative estimate of drug-likeness (QED) is 0.266. The minimum atomic E-state index is -4.49. The average molecular weight is 583 g/mol. The number of ether oxygens (including phenoxy) is 1. The van der Waals surface area contributed by atoms with Gasteiger partial charge < -0.3 is 19.5 Å². The third-order valence-corrected chi connectivity index (χ3v) is 8.92. The first-order valence-corrected chi connectivity index (χ1v) is 14.5. The number of para-hydroxylation sites is 1. The molecule has 2 fully saturated rings. The lowest BCUT2D eigenvalue weighted by Gasteiger charge is -2.35. The standard InChI is InChI=1S/C30H29F3N4O3S/c1-36-17-24(22-10-2-3-11-23(22)36)40-29(39)34-16-21-9-4-5-14-37(21)28(38)25-26(41-27(35-25)18-12-13-18)19-7-6-8-20(15-19)30(31,32)33/h2-3,6-8,10-11,15,17-18,21H,4-5,9,12-14,16H2,1H3,(H,34,39)/t21-/m0/s1. The molecular formula is C30H29F3N4O3S. The number of nitrogens with one attached hydrogen (secondary N) is 1. The number of carbonyl (C=O) groups excluding carboxylic acids is 2. The van der Waals surface area contributed by atoms with E-state index in [-0.39, 0.29) is 30.1 Å². The molecule has 2 aromatic heterocycles. The molecule has 1 aliphatic heterocycles. The summed E-state index contributed by atoms with van der Waals surface area (Å²) in [6, 6.07) is 12.4. The van der Waals surface area contributed by atoms with Crippen LogP contribution in [0.15, 0.2) is 54.7 Å². The molecule has 2 aromatic carbocycles. The van der Waals surface area contributed by atoms with Crippen molar-refractivity contribution < 1.29 is 27.5 Å². The van der Waals surface area contributed by atoms with Crippen LogP contribution in [0.2, 0.25) is 0 Å². The van der Waals surface area contributed by atoms with Crippen LogP contribution >= 0.6 is 11.3 Å². The lowest BCUT2D eigenvalue weighted by molar-refractivity contribution is -0.137. The third-order valence-electron chi connectivity index (χ3n) is 7.66. The third kappa shape index (κ3) is 5.68. The summed E-state index contributed by atoms with van der Waals surface area (Å²) in [5.74, 6) is 0.362. The van der Waals surface area contributed by atoms with E-state index < -0.39 is 17.8 Å². The molecule has 7 nitrogen and oxygen atoms in total. The summed E-state index contributed by atoms with van der Waals surface area (Å²) in [5, 5.41) is 4.41. The molecule has 6 rings (SSSR count). The van der Waals surface area contributed by atoms with Crippen molar-refractivity contribution in [3.63, 3.8) is 0 Å². The number of piperidine rings is 1. The first-order valence-electron chi connectivity index (χ1n) is 13.7. The van der Waals surface area contributed by atoms with Gasteiger partial charge in [0.1, 0.15) is 5.69 Å². The molecule has 214 valence electrons. The van der Waals surface area contributed by atoms with Gasteiger partial charge in [-0.05, 0) is 61.9 Å². The van der Waals surface area contributed by atoms with Gasteiger partial charge in [0.2, 0.25) is 0 Å². The van der Waals surface area contributed by atoms with Crippen LogP contribution in [0, 0.1) is 0 Å². The van der Waals surface area contributed by atoms with Crippen molar-refractivity contribution in [2.45, 2.75) is 50.2 Å². The number of rotatable bonds is 6. The summed E-state index contributed by atoms with van der Waals surface area (Å²) in [4.78, 5) is 33.5.